The highest BCUT2D eigenvalue weighted by Crippen LogP contribution is 2.58. The van der Waals surface area contributed by atoms with E-state index in [0.29, 0.717) is 6.54 Å². The Morgan fingerprint density at radius 1 is 1.26 bits per heavy atom. The zero-order chi connectivity index (χ0) is 16.2. The standard InChI is InChI=1S/C16H25N3O3S/c1-2-19-4-3-17-15(19)23(21,22)18-10-16(20)13-6-11-5-12(8-13)9-14(16)7-11/h3-4,11-14,18,20H,2,5-10H2,1H3. The quantitative estimate of drug-likeness (QED) is 0.848. The van der Waals surface area contributed by atoms with E-state index in [0.717, 1.165) is 37.5 Å². The first kappa shape index (κ1) is 15.6. The van der Waals surface area contributed by atoms with Gasteiger partial charge in [-0.25, -0.2) is 18.1 Å². The molecule has 1 aromatic heterocycles. The van der Waals surface area contributed by atoms with Gasteiger partial charge in [0.25, 0.3) is 10.0 Å². The number of hydrogen-bond acceptors (Lipinski definition) is 4. The summed E-state index contributed by atoms with van der Waals surface area (Å²) < 4.78 is 29.3. The second-order valence-corrected chi connectivity index (χ2v) is 9.28. The maximum Gasteiger partial charge on any atom is 0.274 e. The van der Waals surface area contributed by atoms with Gasteiger partial charge < -0.3 is 9.67 Å². The lowest BCUT2D eigenvalue weighted by Gasteiger charge is -2.58. The Kier molecular flexibility index (Phi) is 3.59. The fraction of sp³-hybridized carbons (Fsp3) is 0.812. The van der Waals surface area contributed by atoms with Crippen molar-refractivity contribution in [2.45, 2.75) is 56.3 Å². The van der Waals surface area contributed by atoms with Gasteiger partial charge in [0.05, 0.1) is 5.60 Å². The summed E-state index contributed by atoms with van der Waals surface area (Å²) >= 11 is 0. The molecular formula is C16H25N3O3S. The van der Waals surface area contributed by atoms with E-state index >= 15 is 0 Å². The Morgan fingerprint density at radius 3 is 2.43 bits per heavy atom. The van der Waals surface area contributed by atoms with E-state index in [1.54, 1.807) is 10.8 Å². The maximum absolute atomic E-state index is 12.5. The Hall–Kier alpha value is -0.920. The molecule has 0 saturated heterocycles. The maximum atomic E-state index is 12.5. The molecule has 2 N–H and O–H groups in total. The summed E-state index contributed by atoms with van der Waals surface area (Å²) in [4.78, 5) is 3.97. The van der Waals surface area contributed by atoms with E-state index < -0.39 is 15.6 Å². The van der Waals surface area contributed by atoms with Crippen LogP contribution in [0, 0.1) is 23.7 Å². The van der Waals surface area contributed by atoms with Crippen molar-refractivity contribution in [3.05, 3.63) is 12.4 Å². The fourth-order valence-corrected chi connectivity index (χ4v) is 6.59. The number of sulfonamides is 1. The molecule has 0 unspecified atom stereocenters. The van der Waals surface area contributed by atoms with Crippen LogP contribution in [0.4, 0.5) is 0 Å². The highest BCUT2D eigenvalue weighted by atomic mass is 32.2. The molecule has 0 radical (unpaired) electrons. The number of aryl methyl sites for hydroxylation is 1. The van der Waals surface area contributed by atoms with Crippen LogP contribution in [0.5, 0.6) is 0 Å². The lowest BCUT2D eigenvalue weighted by molar-refractivity contribution is -0.167. The summed E-state index contributed by atoms with van der Waals surface area (Å²) in [5.74, 6) is 1.97. The third-order valence-electron chi connectivity index (χ3n) is 6.36. The van der Waals surface area contributed by atoms with Crippen LogP contribution in [0.1, 0.15) is 39.0 Å². The molecule has 4 saturated carbocycles. The molecule has 4 aliphatic rings. The van der Waals surface area contributed by atoms with Gasteiger partial charge in [0.15, 0.2) is 0 Å². The fourth-order valence-electron chi connectivity index (χ4n) is 5.34. The Bertz CT molecular complexity index is 669. The van der Waals surface area contributed by atoms with Crippen LogP contribution in [0.25, 0.3) is 0 Å². The van der Waals surface area contributed by atoms with Crippen molar-refractivity contribution in [2.24, 2.45) is 23.7 Å². The summed E-state index contributed by atoms with van der Waals surface area (Å²) in [7, 11) is -3.69. The van der Waals surface area contributed by atoms with E-state index in [-0.39, 0.29) is 23.5 Å². The molecule has 0 amide bonds. The lowest BCUT2D eigenvalue weighted by atomic mass is 9.50. The number of imidazole rings is 1. The molecule has 23 heavy (non-hydrogen) atoms. The number of nitrogens with zero attached hydrogens (tertiary/aromatic N) is 2. The molecule has 4 fully saturated rings. The predicted molar refractivity (Wildman–Crippen MR) is 85.1 cm³/mol. The molecule has 6 nitrogen and oxygen atoms in total. The first-order valence-electron chi connectivity index (χ1n) is 8.65. The van der Waals surface area contributed by atoms with E-state index in [9.17, 15) is 13.5 Å². The van der Waals surface area contributed by atoms with Crippen LogP contribution in [0.2, 0.25) is 0 Å². The number of nitrogens with one attached hydrogen (secondary N) is 1. The minimum Gasteiger partial charge on any atom is -0.388 e. The van der Waals surface area contributed by atoms with E-state index in [4.69, 9.17) is 0 Å². The lowest BCUT2D eigenvalue weighted by Crippen LogP contribution is -2.62. The van der Waals surface area contributed by atoms with Gasteiger partial charge in [0.2, 0.25) is 5.16 Å². The van der Waals surface area contributed by atoms with Crippen LogP contribution in [-0.2, 0) is 16.6 Å². The molecule has 1 aromatic rings. The third-order valence-corrected chi connectivity index (χ3v) is 7.70. The van der Waals surface area contributed by atoms with Crippen molar-refractivity contribution < 1.29 is 13.5 Å². The smallest absolute Gasteiger partial charge is 0.274 e. The summed E-state index contributed by atoms with van der Waals surface area (Å²) in [6, 6.07) is 0. The van der Waals surface area contributed by atoms with Gasteiger partial charge in [-0.15, -0.1) is 0 Å². The van der Waals surface area contributed by atoms with Crippen molar-refractivity contribution in [3.63, 3.8) is 0 Å². The minimum absolute atomic E-state index is 0.0346. The summed E-state index contributed by atoms with van der Waals surface area (Å²) in [5.41, 5.74) is -0.885. The first-order chi connectivity index (χ1) is 10.9. The van der Waals surface area contributed by atoms with Crippen LogP contribution in [0.3, 0.4) is 0 Å². The molecular weight excluding hydrogens is 314 g/mol. The van der Waals surface area contributed by atoms with Gasteiger partial charge in [-0.2, -0.15) is 0 Å². The van der Waals surface area contributed by atoms with Crippen molar-refractivity contribution >= 4 is 10.0 Å². The molecule has 4 bridgehead atoms. The van der Waals surface area contributed by atoms with Crippen molar-refractivity contribution in [1.82, 2.24) is 14.3 Å². The van der Waals surface area contributed by atoms with Crippen LogP contribution < -0.4 is 4.72 Å². The van der Waals surface area contributed by atoms with Crippen molar-refractivity contribution in [1.29, 1.82) is 0 Å². The highest BCUT2D eigenvalue weighted by molar-refractivity contribution is 7.89. The largest absolute Gasteiger partial charge is 0.388 e. The zero-order valence-corrected chi connectivity index (χ0v) is 14.3. The Balaban J connectivity index is 1.52. The molecule has 0 atom stereocenters. The van der Waals surface area contributed by atoms with E-state index in [2.05, 4.69) is 9.71 Å². The van der Waals surface area contributed by atoms with Crippen LogP contribution >= 0.6 is 0 Å². The van der Waals surface area contributed by atoms with Gasteiger partial charge in [-0.3, -0.25) is 0 Å². The topological polar surface area (TPSA) is 84.2 Å². The molecule has 4 aliphatic carbocycles. The number of hydrogen-bond donors (Lipinski definition) is 2. The average molecular weight is 339 g/mol. The van der Waals surface area contributed by atoms with Crippen molar-refractivity contribution in [3.8, 4) is 0 Å². The SMILES string of the molecule is CCn1ccnc1S(=O)(=O)NCC1(O)C2CC3CC(C2)CC1C3. The second kappa shape index (κ2) is 5.29. The normalized spacial score (nSPS) is 39.0. The zero-order valence-electron chi connectivity index (χ0n) is 13.5. The second-order valence-electron chi connectivity index (χ2n) is 7.62. The number of aromatic nitrogens is 2. The molecule has 0 spiro atoms. The molecule has 128 valence electrons. The predicted octanol–water partition coefficient (Wildman–Crippen LogP) is 1.37. The van der Waals surface area contributed by atoms with Gasteiger partial charge in [0, 0.05) is 25.5 Å². The molecule has 0 aromatic carbocycles. The molecule has 5 rings (SSSR count). The molecule has 1 heterocycles. The summed E-state index contributed by atoms with van der Waals surface area (Å²) in [6.45, 7) is 2.54. The van der Waals surface area contributed by atoms with E-state index in [1.165, 1.54) is 12.6 Å². The summed E-state index contributed by atoms with van der Waals surface area (Å²) in [6.07, 6.45) is 8.66. The molecule has 0 aliphatic heterocycles. The minimum atomic E-state index is -3.69. The highest BCUT2D eigenvalue weighted by Gasteiger charge is 2.56. The average Bonchev–Trinajstić information content (AvgIpc) is 3.00. The van der Waals surface area contributed by atoms with Crippen LogP contribution in [-0.4, -0.2) is 35.2 Å². The summed E-state index contributed by atoms with van der Waals surface area (Å²) in [5, 5.41) is 11.3. The Morgan fingerprint density at radius 2 is 1.87 bits per heavy atom. The first-order valence-corrected chi connectivity index (χ1v) is 10.1. The van der Waals surface area contributed by atoms with Gasteiger partial charge in [0.1, 0.15) is 0 Å². The third kappa shape index (κ3) is 2.44. The Labute approximate surface area is 137 Å². The van der Waals surface area contributed by atoms with E-state index in [1.807, 2.05) is 6.92 Å². The molecule has 7 heteroatoms. The van der Waals surface area contributed by atoms with Gasteiger partial charge in [-0.1, -0.05) is 0 Å². The van der Waals surface area contributed by atoms with Crippen LogP contribution in [0.15, 0.2) is 17.6 Å². The number of aliphatic hydroxyl groups is 1. The van der Waals surface area contributed by atoms with Gasteiger partial charge in [-0.05, 0) is 62.7 Å². The number of rotatable bonds is 5. The monoisotopic (exact) mass is 339 g/mol. The van der Waals surface area contributed by atoms with Gasteiger partial charge >= 0.3 is 0 Å². The van der Waals surface area contributed by atoms with Crippen molar-refractivity contribution in [2.75, 3.05) is 6.54 Å².